The fourth-order valence-corrected chi connectivity index (χ4v) is 6.33. The lowest BCUT2D eigenvalue weighted by Crippen LogP contribution is -2.49. The second-order valence-electron chi connectivity index (χ2n) is 13.4. The lowest BCUT2D eigenvalue weighted by molar-refractivity contribution is -0.218. The predicted molar refractivity (Wildman–Crippen MR) is 179 cm³/mol. The molecule has 6 rings (SSSR count). The number of hydrogen-bond donors (Lipinski definition) is 1. The van der Waals surface area contributed by atoms with Crippen LogP contribution in [0.1, 0.15) is 82.6 Å². The molecule has 2 N–H and O–H groups in total. The van der Waals surface area contributed by atoms with E-state index < -0.39 is 60.6 Å². The Morgan fingerprint density at radius 1 is 1.12 bits per heavy atom. The summed E-state index contributed by atoms with van der Waals surface area (Å²) in [4.78, 5) is 38.4. The van der Waals surface area contributed by atoms with Crippen LogP contribution in [0.25, 0.3) is 22.6 Å². The zero-order valence-corrected chi connectivity index (χ0v) is 29.1. The van der Waals surface area contributed by atoms with E-state index in [1.165, 1.54) is 30.3 Å². The summed E-state index contributed by atoms with van der Waals surface area (Å²) in [5.74, 6) is -2.27. The summed E-state index contributed by atoms with van der Waals surface area (Å²) in [6.07, 6.45) is -0.650. The number of nitrogens with zero attached hydrogens (tertiary/aromatic N) is 8. The molecule has 0 radical (unpaired) electrons. The average molecular weight is 748 g/mol. The number of rotatable bonds is 13. The number of carbonyl (C=O) groups is 2. The van der Waals surface area contributed by atoms with E-state index in [1.807, 2.05) is 0 Å². The van der Waals surface area contributed by atoms with Gasteiger partial charge in [0.05, 0.1) is 28.7 Å². The Hall–Kier alpha value is -4.93. The Bertz CT molecular complexity index is 1990. The molecule has 12 nitrogen and oxygen atoms in total. The van der Waals surface area contributed by atoms with Crippen molar-refractivity contribution in [2.45, 2.75) is 83.2 Å². The third kappa shape index (κ3) is 6.97. The van der Waals surface area contributed by atoms with Gasteiger partial charge in [-0.15, -0.1) is 0 Å². The number of halogens is 6. The minimum Gasteiger partial charge on any atom is -0.463 e. The standard InChI is InChI=1S/C34H35ClF5N9O3/c1-4-5-27(50)52-16-26(20-8-13-24(35)23(14-20)28-42-18-44-48(28)30(36)37)47-29(51)33(45-31(47)41,17-32(2,3)34(38,39)40)21-9-6-19(7-10-21)25-15-43-49(46-25)22-11-12-22/h6-10,13-15,18,22,26,30H,4-5,11-12,16-17H2,1-3H3,(H2,41,45)/t26-,33-/m1/s1. The molecule has 1 aliphatic carbocycles. The maximum Gasteiger partial charge on any atom is 0.394 e. The van der Waals surface area contributed by atoms with Crippen LogP contribution >= 0.6 is 11.6 Å². The Morgan fingerprint density at radius 3 is 2.46 bits per heavy atom. The Morgan fingerprint density at radius 2 is 1.83 bits per heavy atom. The predicted octanol–water partition coefficient (Wildman–Crippen LogP) is 7.00. The summed E-state index contributed by atoms with van der Waals surface area (Å²) >= 11 is 6.42. The van der Waals surface area contributed by atoms with E-state index in [4.69, 9.17) is 22.1 Å². The summed E-state index contributed by atoms with van der Waals surface area (Å²) in [6.45, 7) is 0.123. The smallest absolute Gasteiger partial charge is 0.394 e. The molecule has 1 saturated carbocycles. The molecular weight excluding hydrogens is 713 g/mol. The SMILES string of the molecule is CCCC(=O)OC[C@H](c1ccc(Cl)c(-c2ncnn2C(F)F)c1)N1C(=O)[C@@](CC(C)(C)C(F)(F)F)(c2ccc(-c3cnn(C4CC4)n3)cc2)N=C1N. The van der Waals surface area contributed by atoms with Crippen LogP contribution in [0.3, 0.4) is 0 Å². The number of guanidine groups is 1. The zero-order valence-electron chi connectivity index (χ0n) is 28.3. The number of ether oxygens (including phenoxy) is 1. The largest absolute Gasteiger partial charge is 0.463 e. The molecule has 2 aromatic heterocycles. The number of alkyl halides is 5. The molecule has 0 spiro atoms. The molecule has 18 heteroatoms. The molecule has 1 amide bonds. The van der Waals surface area contributed by atoms with Crippen LogP contribution in [-0.2, 0) is 19.9 Å². The molecule has 276 valence electrons. The highest BCUT2D eigenvalue weighted by Crippen LogP contribution is 2.51. The first kappa shape index (κ1) is 36.8. The number of aromatic nitrogens is 6. The minimum atomic E-state index is -4.75. The molecule has 0 unspecified atom stereocenters. The van der Waals surface area contributed by atoms with Crippen molar-refractivity contribution in [2.24, 2.45) is 16.1 Å². The van der Waals surface area contributed by atoms with E-state index >= 15 is 0 Å². The quantitative estimate of drug-likeness (QED) is 0.114. The second kappa shape index (κ2) is 13.9. The van der Waals surface area contributed by atoms with E-state index in [9.17, 15) is 31.5 Å². The molecule has 2 aliphatic rings. The fourth-order valence-electron chi connectivity index (χ4n) is 6.13. The van der Waals surface area contributed by atoms with E-state index in [0.29, 0.717) is 22.4 Å². The first-order valence-corrected chi connectivity index (χ1v) is 16.9. The molecule has 1 fully saturated rings. The van der Waals surface area contributed by atoms with Crippen molar-refractivity contribution in [2.75, 3.05) is 6.61 Å². The third-order valence-electron chi connectivity index (χ3n) is 9.17. The Kier molecular flexibility index (Phi) is 9.85. The van der Waals surface area contributed by atoms with Gasteiger partial charge in [0.15, 0.2) is 17.3 Å². The Balaban J connectivity index is 1.44. The van der Waals surface area contributed by atoms with Crippen molar-refractivity contribution in [1.29, 1.82) is 0 Å². The van der Waals surface area contributed by atoms with Gasteiger partial charge < -0.3 is 10.5 Å². The van der Waals surface area contributed by atoms with Gasteiger partial charge in [-0.05, 0) is 48.9 Å². The van der Waals surface area contributed by atoms with Gasteiger partial charge >= 0.3 is 18.7 Å². The van der Waals surface area contributed by atoms with E-state index in [2.05, 4.69) is 25.3 Å². The monoisotopic (exact) mass is 747 g/mol. The fraction of sp³-hybridized carbons (Fsp3) is 0.441. The molecule has 4 aromatic rings. The number of esters is 1. The minimum absolute atomic E-state index is 0.00248. The molecule has 52 heavy (non-hydrogen) atoms. The van der Waals surface area contributed by atoms with E-state index in [1.54, 1.807) is 30.0 Å². The number of amides is 1. The average Bonchev–Trinajstić information content (AvgIpc) is 3.49. The molecular formula is C34H35ClF5N9O3. The van der Waals surface area contributed by atoms with E-state index in [-0.39, 0.29) is 40.0 Å². The highest BCUT2D eigenvalue weighted by Gasteiger charge is 2.59. The number of benzene rings is 2. The molecule has 1 aliphatic heterocycles. The van der Waals surface area contributed by atoms with Gasteiger partial charge in [-0.25, -0.2) is 9.98 Å². The number of aliphatic imine (C=N–C) groups is 1. The van der Waals surface area contributed by atoms with E-state index in [0.717, 1.165) is 37.9 Å². The zero-order chi connectivity index (χ0) is 37.6. The third-order valence-corrected chi connectivity index (χ3v) is 9.50. The highest BCUT2D eigenvalue weighted by molar-refractivity contribution is 6.33. The summed E-state index contributed by atoms with van der Waals surface area (Å²) in [6, 6.07) is 9.38. The lowest BCUT2D eigenvalue weighted by atomic mass is 9.74. The summed E-state index contributed by atoms with van der Waals surface area (Å²) in [5.41, 5.74) is 3.32. The number of nitrogens with two attached hydrogens (primary N) is 1. The van der Waals surface area contributed by atoms with Crippen LogP contribution in [0.4, 0.5) is 22.0 Å². The van der Waals surface area contributed by atoms with Crippen LogP contribution in [0.5, 0.6) is 0 Å². The summed E-state index contributed by atoms with van der Waals surface area (Å²) in [5, 5.41) is 12.4. The van der Waals surface area contributed by atoms with Crippen molar-refractivity contribution >= 4 is 29.4 Å². The number of carbonyl (C=O) groups excluding carboxylic acids is 2. The molecule has 0 saturated heterocycles. The summed E-state index contributed by atoms with van der Waals surface area (Å²) in [7, 11) is 0. The molecule has 0 bridgehead atoms. The van der Waals surface area contributed by atoms with Gasteiger partial charge in [-0.3, -0.25) is 14.5 Å². The normalized spacial score (nSPS) is 18.6. The van der Waals surface area contributed by atoms with Crippen molar-refractivity contribution < 1.29 is 36.3 Å². The second-order valence-corrected chi connectivity index (χ2v) is 13.8. The van der Waals surface area contributed by atoms with Crippen LogP contribution in [-0.4, -0.2) is 65.3 Å². The van der Waals surface area contributed by atoms with Gasteiger partial charge in [-0.2, -0.15) is 46.7 Å². The highest BCUT2D eigenvalue weighted by atomic mass is 35.5. The lowest BCUT2D eigenvalue weighted by Gasteiger charge is -2.37. The maximum atomic E-state index is 14.8. The van der Waals surface area contributed by atoms with Crippen LogP contribution < -0.4 is 5.73 Å². The van der Waals surface area contributed by atoms with Gasteiger partial charge in [0.1, 0.15) is 18.6 Å². The van der Waals surface area contributed by atoms with Gasteiger partial charge in [-0.1, -0.05) is 62.7 Å². The van der Waals surface area contributed by atoms with Crippen LogP contribution in [0.15, 0.2) is 60.0 Å². The van der Waals surface area contributed by atoms with Crippen molar-refractivity contribution in [1.82, 2.24) is 34.7 Å². The first-order chi connectivity index (χ1) is 24.6. The number of hydrogen-bond acceptors (Lipinski definition) is 9. The van der Waals surface area contributed by atoms with Gasteiger partial charge in [0.25, 0.3) is 5.91 Å². The maximum absolute atomic E-state index is 14.8. The van der Waals surface area contributed by atoms with Crippen LogP contribution in [0, 0.1) is 5.41 Å². The molecule has 2 aromatic carbocycles. The van der Waals surface area contributed by atoms with Crippen molar-refractivity contribution in [3.05, 3.63) is 71.1 Å². The Labute approximate surface area is 299 Å². The van der Waals surface area contributed by atoms with Crippen molar-refractivity contribution in [3.63, 3.8) is 0 Å². The topological polar surface area (TPSA) is 146 Å². The van der Waals surface area contributed by atoms with Crippen molar-refractivity contribution in [3.8, 4) is 22.6 Å². The van der Waals surface area contributed by atoms with Crippen LogP contribution in [0.2, 0.25) is 5.02 Å². The first-order valence-electron chi connectivity index (χ1n) is 16.5. The summed E-state index contributed by atoms with van der Waals surface area (Å²) < 4.78 is 76.9. The van der Waals surface area contributed by atoms with Gasteiger partial charge in [0, 0.05) is 17.5 Å². The van der Waals surface area contributed by atoms with Gasteiger partial charge in [0.2, 0.25) is 0 Å². The molecule has 2 atom stereocenters. The molecule has 3 heterocycles.